The normalized spacial score (nSPS) is 34.5. The van der Waals surface area contributed by atoms with Gasteiger partial charge in [-0.05, 0) is 24.8 Å². The second-order valence-electron chi connectivity index (χ2n) is 11.2. The Bertz CT molecular complexity index is 2030. The zero-order chi connectivity index (χ0) is 36.1. The number of thiol groups is 1. The molecule has 0 aromatic carbocycles. The molecule has 4 aromatic rings. The number of aromatic nitrogens is 8. The molecule has 0 radical (unpaired) electrons. The van der Waals surface area contributed by atoms with Crippen LogP contribution in [-0.4, -0.2) is 113 Å². The molecule has 7 rings (SSSR count). The summed E-state index contributed by atoms with van der Waals surface area (Å²) in [7, 11) is 0. The van der Waals surface area contributed by atoms with Crippen molar-refractivity contribution >= 4 is 77.6 Å². The number of halogens is 2. The van der Waals surface area contributed by atoms with E-state index in [0.29, 0.717) is 13.0 Å². The summed E-state index contributed by atoms with van der Waals surface area (Å²) in [5.41, 5.74) is 11.7. The molecule has 3 aliphatic heterocycles. The second-order valence-corrected chi connectivity index (χ2v) is 16.9. The van der Waals surface area contributed by atoms with Crippen LogP contribution in [0.4, 0.5) is 25.2 Å². The van der Waals surface area contributed by atoms with Crippen LogP contribution in [-0.2, 0) is 48.7 Å². The summed E-state index contributed by atoms with van der Waals surface area (Å²) in [4.78, 5) is 47.6. The summed E-state index contributed by atoms with van der Waals surface area (Å²) >= 11 is 9.20. The third kappa shape index (κ3) is 7.30. The molecule has 6 N–H and O–H groups in total. The van der Waals surface area contributed by atoms with Crippen LogP contribution in [0.15, 0.2) is 25.3 Å². The van der Waals surface area contributed by atoms with Gasteiger partial charge in [0.2, 0.25) is 0 Å². The fourth-order valence-electron chi connectivity index (χ4n) is 5.63. The summed E-state index contributed by atoms with van der Waals surface area (Å²) in [6.07, 6.45) is -8.96. The van der Waals surface area contributed by atoms with Gasteiger partial charge in [-0.15, -0.1) is 0 Å². The molecule has 4 aromatic heterocycles. The lowest BCUT2D eigenvalue weighted by Gasteiger charge is -2.29. The van der Waals surface area contributed by atoms with Crippen LogP contribution in [0.25, 0.3) is 22.3 Å². The van der Waals surface area contributed by atoms with Gasteiger partial charge in [0.25, 0.3) is 0 Å². The van der Waals surface area contributed by atoms with E-state index in [1.165, 1.54) is 21.8 Å². The number of nitrogens with zero attached hydrogens (tertiary/aromatic N) is 8. The van der Waals surface area contributed by atoms with E-state index in [0.717, 1.165) is 12.7 Å². The summed E-state index contributed by atoms with van der Waals surface area (Å²) < 4.78 is 87.1. The summed E-state index contributed by atoms with van der Waals surface area (Å²) in [6, 6.07) is 0. The first-order chi connectivity index (χ1) is 24.4. The van der Waals surface area contributed by atoms with Crippen molar-refractivity contribution < 1.29 is 55.3 Å². The van der Waals surface area contributed by atoms with E-state index in [4.69, 9.17) is 55.6 Å². The van der Waals surface area contributed by atoms with Crippen molar-refractivity contribution in [2.24, 2.45) is 5.73 Å². The summed E-state index contributed by atoms with van der Waals surface area (Å²) in [6.45, 7) is -9.73. The van der Waals surface area contributed by atoms with E-state index in [1.54, 1.807) is 0 Å². The van der Waals surface area contributed by atoms with Crippen molar-refractivity contribution in [3.05, 3.63) is 25.3 Å². The number of hydrogen-bond acceptors (Lipinski definition) is 18. The number of nitrogens with one attached hydrogen (secondary N) is 1. The number of carbonyl (C=O) groups is 1. The van der Waals surface area contributed by atoms with Crippen LogP contribution >= 0.6 is 25.8 Å². The van der Waals surface area contributed by atoms with E-state index < -0.39 is 82.0 Å². The van der Waals surface area contributed by atoms with Crippen molar-refractivity contribution in [1.29, 1.82) is 0 Å². The Morgan fingerprint density at radius 1 is 0.980 bits per heavy atom. The molecule has 3 aliphatic rings. The van der Waals surface area contributed by atoms with E-state index in [2.05, 4.69) is 47.5 Å². The molecule has 2 unspecified atom stereocenters. The summed E-state index contributed by atoms with van der Waals surface area (Å²) in [5, 5.41) is 2.44. The van der Waals surface area contributed by atoms with E-state index in [-0.39, 0.29) is 40.6 Å². The molecule has 21 nitrogen and oxygen atoms in total. The molecule has 1 amide bonds. The predicted molar refractivity (Wildman–Crippen MR) is 176 cm³/mol. The van der Waals surface area contributed by atoms with Crippen molar-refractivity contribution in [3.8, 4) is 0 Å². The number of imidazole rings is 2. The number of nitrogen functional groups attached to an aromatic ring is 1. The fourth-order valence-corrected chi connectivity index (χ4v) is 8.55. The van der Waals surface area contributed by atoms with Crippen LogP contribution in [0.2, 0.25) is 0 Å². The molecule has 3 fully saturated rings. The SMILES string of the molecule is NCCCOC(=O)Nc1ncnc2c1ncn2[C@@H]1O[C@@H]2COP(O)(=S)O[C@H]3[C@@H](F)[C@H](n4cnc5c(N)ncnc54)O[C@@H]3COP(=O)(S)O[C@H]2[C@H]1F. The smallest absolute Gasteiger partial charge is 0.412 e. The van der Waals surface area contributed by atoms with Crippen LogP contribution in [0.3, 0.4) is 0 Å². The van der Waals surface area contributed by atoms with Crippen LogP contribution < -0.4 is 16.8 Å². The second kappa shape index (κ2) is 14.4. The topological polar surface area (TPSA) is 270 Å². The number of hydrogen-bond donors (Lipinski definition) is 5. The third-order valence-electron chi connectivity index (χ3n) is 7.94. The number of carbonyl (C=O) groups excluding carboxylic acids is 1. The number of fused-ring (bicyclic) bond motifs is 4. The molecule has 27 heteroatoms. The Hall–Kier alpha value is -3.06. The van der Waals surface area contributed by atoms with Crippen LogP contribution in [0.1, 0.15) is 18.9 Å². The van der Waals surface area contributed by atoms with Crippen molar-refractivity contribution in [1.82, 2.24) is 39.0 Å². The zero-order valence-corrected chi connectivity index (χ0v) is 29.3. The standard InChI is InChI=1S/C24H29F2N11O10P2S2/c25-12-16-10(44-22(12)36-8-33-14-18(28)29-6-31-20(14)36)4-42-49(40,51)47-17-11(5-43-48(39,50)46-16)45-23(13(17)26)37-9-34-15-19(30-7-32-21(15)37)35-24(38)41-3-1-2-27/h6-13,16-17,22-23H,1-5,27H2,(H,39,50)(H,40,51)(H2,28,29,31)(H,30,32,35,38)/t10-,11-,12-,13-,16-,17-,22-,23-,48?,49?/m1/s1. The van der Waals surface area contributed by atoms with Gasteiger partial charge in [0.15, 0.2) is 53.2 Å². The number of alkyl halides is 2. The first-order valence-corrected chi connectivity index (χ1v) is 20.3. The van der Waals surface area contributed by atoms with Gasteiger partial charge in [-0.25, -0.2) is 48.0 Å². The van der Waals surface area contributed by atoms with Gasteiger partial charge in [0.1, 0.15) is 42.6 Å². The predicted octanol–water partition coefficient (Wildman–Crippen LogP) is 1.69. The third-order valence-corrected chi connectivity index (χ3v) is 11.1. The molecule has 51 heavy (non-hydrogen) atoms. The van der Waals surface area contributed by atoms with E-state index in [9.17, 15) is 14.3 Å². The maximum atomic E-state index is 16.3. The van der Waals surface area contributed by atoms with Crippen LogP contribution in [0.5, 0.6) is 0 Å². The van der Waals surface area contributed by atoms with Gasteiger partial charge in [-0.1, -0.05) is 12.2 Å². The molecule has 276 valence electrons. The minimum atomic E-state index is -4.45. The highest BCUT2D eigenvalue weighted by Crippen LogP contribution is 2.58. The molecule has 10 atom stereocenters. The largest absolute Gasteiger partial charge is 0.449 e. The fraction of sp³-hybridized carbons (Fsp3) is 0.542. The Balaban J connectivity index is 1.11. The first-order valence-electron chi connectivity index (χ1n) is 15.0. The lowest BCUT2D eigenvalue weighted by Crippen LogP contribution is -2.37. The molecule has 0 spiro atoms. The van der Waals surface area contributed by atoms with Crippen molar-refractivity contribution in [2.45, 2.75) is 55.6 Å². The minimum absolute atomic E-state index is 0.0300. The highest BCUT2D eigenvalue weighted by Gasteiger charge is 2.54. The van der Waals surface area contributed by atoms with Gasteiger partial charge in [-0.2, -0.15) is 0 Å². The van der Waals surface area contributed by atoms with E-state index in [1.807, 2.05) is 0 Å². The van der Waals surface area contributed by atoms with Gasteiger partial charge in [0.05, 0.1) is 32.5 Å². The average molecular weight is 796 g/mol. The Kier molecular flexibility index (Phi) is 10.3. The quantitative estimate of drug-likeness (QED) is 0.106. The number of anilines is 2. The molecule has 0 saturated carbocycles. The number of amides is 1. The Morgan fingerprint density at radius 3 is 2.24 bits per heavy atom. The Morgan fingerprint density at radius 2 is 1.57 bits per heavy atom. The number of ether oxygens (including phenoxy) is 3. The monoisotopic (exact) mass is 795 g/mol. The maximum absolute atomic E-state index is 16.3. The Labute approximate surface area is 295 Å². The molecular weight excluding hydrogens is 766 g/mol. The minimum Gasteiger partial charge on any atom is -0.449 e. The lowest BCUT2D eigenvalue weighted by molar-refractivity contribution is -0.0564. The lowest BCUT2D eigenvalue weighted by atomic mass is 10.1. The van der Waals surface area contributed by atoms with E-state index >= 15 is 8.78 Å². The number of rotatable bonds is 6. The van der Waals surface area contributed by atoms with Gasteiger partial charge in [-0.3, -0.25) is 28.0 Å². The maximum Gasteiger partial charge on any atom is 0.412 e. The zero-order valence-electron chi connectivity index (χ0n) is 25.8. The molecule has 0 bridgehead atoms. The first kappa shape index (κ1) is 36.3. The average Bonchev–Trinajstić information content (AvgIpc) is 3.85. The highest BCUT2D eigenvalue weighted by molar-refractivity contribution is 8.44. The van der Waals surface area contributed by atoms with Crippen LogP contribution in [0, 0.1) is 0 Å². The van der Waals surface area contributed by atoms with Crippen molar-refractivity contribution in [2.75, 3.05) is 37.4 Å². The molecule has 3 saturated heterocycles. The summed E-state index contributed by atoms with van der Waals surface area (Å²) in [5.74, 6) is 0.00142. The molecule has 7 heterocycles. The van der Waals surface area contributed by atoms with Gasteiger partial charge >= 0.3 is 19.6 Å². The number of nitrogens with two attached hydrogens (primary N) is 2. The highest BCUT2D eigenvalue weighted by atomic mass is 32.7. The van der Waals surface area contributed by atoms with Gasteiger partial charge < -0.3 is 35.1 Å². The van der Waals surface area contributed by atoms with Crippen molar-refractivity contribution in [3.63, 3.8) is 0 Å². The molecular formula is C24H29F2N11O10P2S2. The van der Waals surface area contributed by atoms with Gasteiger partial charge in [0, 0.05) is 0 Å². The molecule has 0 aliphatic carbocycles.